The highest BCUT2D eigenvalue weighted by atomic mass is 16.2. The standard InChI is InChI=1S/C12H19N3O/c1-3-9(2)15-7-5-11(14-15)8-10-4-6-13-12(10)16/h5,7,9-10H,3-4,6,8H2,1-2H3,(H,13,16). The third-order valence-electron chi connectivity index (χ3n) is 3.32. The van der Waals surface area contributed by atoms with Crippen LogP contribution in [0.1, 0.15) is 38.4 Å². The molecule has 2 unspecified atom stereocenters. The molecular weight excluding hydrogens is 202 g/mol. The van der Waals surface area contributed by atoms with Crippen LogP contribution in [-0.4, -0.2) is 22.2 Å². The summed E-state index contributed by atoms with van der Waals surface area (Å²) in [6, 6.07) is 2.46. The van der Waals surface area contributed by atoms with E-state index < -0.39 is 0 Å². The van der Waals surface area contributed by atoms with Crippen LogP contribution in [0.25, 0.3) is 0 Å². The normalized spacial score (nSPS) is 22.1. The van der Waals surface area contributed by atoms with E-state index in [4.69, 9.17) is 0 Å². The molecule has 1 saturated heterocycles. The van der Waals surface area contributed by atoms with Crippen LogP contribution in [0, 0.1) is 5.92 Å². The van der Waals surface area contributed by atoms with E-state index in [-0.39, 0.29) is 11.8 Å². The maximum atomic E-state index is 11.4. The summed E-state index contributed by atoms with van der Waals surface area (Å²) < 4.78 is 1.99. The predicted octanol–water partition coefficient (Wildman–Crippen LogP) is 1.53. The fraction of sp³-hybridized carbons (Fsp3) is 0.667. The highest BCUT2D eigenvalue weighted by molar-refractivity contribution is 5.80. The third kappa shape index (κ3) is 2.26. The van der Waals surface area contributed by atoms with Gasteiger partial charge in [0, 0.05) is 31.1 Å². The number of nitrogens with one attached hydrogen (secondary N) is 1. The van der Waals surface area contributed by atoms with Crippen LogP contribution in [0.15, 0.2) is 12.3 Å². The van der Waals surface area contributed by atoms with Gasteiger partial charge in [0.1, 0.15) is 0 Å². The molecule has 88 valence electrons. The molecule has 0 bridgehead atoms. The van der Waals surface area contributed by atoms with Crippen molar-refractivity contribution in [3.63, 3.8) is 0 Å². The Morgan fingerprint density at radius 1 is 1.69 bits per heavy atom. The van der Waals surface area contributed by atoms with Gasteiger partial charge < -0.3 is 5.32 Å². The second-order valence-corrected chi connectivity index (χ2v) is 4.53. The van der Waals surface area contributed by atoms with Gasteiger partial charge in [-0.05, 0) is 25.8 Å². The number of hydrogen-bond acceptors (Lipinski definition) is 2. The molecule has 1 aromatic rings. The van der Waals surface area contributed by atoms with Gasteiger partial charge in [0.15, 0.2) is 0 Å². The number of hydrogen-bond donors (Lipinski definition) is 1. The molecule has 0 aromatic carbocycles. The number of rotatable bonds is 4. The van der Waals surface area contributed by atoms with E-state index >= 15 is 0 Å². The van der Waals surface area contributed by atoms with Gasteiger partial charge in [-0.2, -0.15) is 5.10 Å². The Morgan fingerprint density at radius 3 is 3.12 bits per heavy atom. The summed E-state index contributed by atoms with van der Waals surface area (Å²) in [4.78, 5) is 11.4. The number of nitrogens with zero attached hydrogens (tertiary/aromatic N) is 2. The molecule has 1 aliphatic rings. The Labute approximate surface area is 96.0 Å². The zero-order valence-corrected chi connectivity index (χ0v) is 9.94. The van der Waals surface area contributed by atoms with E-state index in [9.17, 15) is 4.79 Å². The second-order valence-electron chi connectivity index (χ2n) is 4.53. The Bertz CT molecular complexity index is 372. The molecule has 2 rings (SSSR count). The largest absolute Gasteiger partial charge is 0.356 e. The molecule has 2 heterocycles. The van der Waals surface area contributed by atoms with E-state index in [1.165, 1.54) is 0 Å². The number of aromatic nitrogens is 2. The van der Waals surface area contributed by atoms with Gasteiger partial charge in [0.05, 0.1) is 5.69 Å². The van der Waals surface area contributed by atoms with Crippen molar-refractivity contribution in [2.45, 2.75) is 39.2 Å². The highest BCUT2D eigenvalue weighted by Gasteiger charge is 2.24. The maximum absolute atomic E-state index is 11.4. The quantitative estimate of drug-likeness (QED) is 0.838. The zero-order chi connectivity index (χ0) is 11.5. The van der Waals surface area contributed by atoms with Gasteiger partial charge in [-0.25, -0.2) is 0 Å². The maximum Gasteiger partial charge on any atom is 0.223 e. The van der Waals surface area contributed by atoms with E-state index in [0.29, 0.717) is 6.04 Å². The molecule has 4 nitrogen and oxygen atoms in total. The SMILES string of the molecule is CCC(C)n1ccc(CC2CCNC2=O)n1. The Kier molecular flexibility index (Phi) is 3.27. The average Bonchev–Trinajstić information content (AvgIpc) is 2.89. The topological polar surface area (TPSA) is 46.9 Å². The second kappa shape index (κ2) is 4.68. The first-order valence-corrected chi connectivity index (χ1v) is 6.02. The zero-order valence-electron chi connectivity index (χ0n) is 9.94. The summed E-state index contributed by atoms with van der Waals surface area (Å²) in [5, 5.41) is 7.37. The van der Waals surface area contributed by atoms with Gasteiger partial charge in [0.25, 0.3) is 0 Å². The van der Waals surface area contributed by atoms with Crippen molar-refractivity contribution in [3.05, 3.63) is 18.0 Å². The summed E-state index contributed by atoms with van der Waals surface area (Å²) in [5.74, 6) is 0.304. The molecule has 1 amide bonds. The van der Waals surface area contributed by atoms with Crippen molar-refractivity contribution in [2.24, 2.45) is 5.92 Å². The molecule has 2 atom stereocenters. The van der Waals surface area contributed by atoms with Crippen molar-refractivity contribution in [3.8, 4) is 0 Å². The average molecular weight is 221 g/mol. The Balaban J connectivity index is 1.99. The van der Waals surface area contributed by atoms with Crippen LogP contribution < -0.4 is 5.32 Å². The summed E-state index contributed by atoms with van der Waals surface area (Å²) in [5.41, 5.74) is 1.03. The van der Waals surface area contributed by atoms with Crippen molar-refractivity contribution in [2.75, 3.05) is 6.54 Å². The Hall–Kier alpha value is -1.32. The predicted molar refractivity (Wildman–Crippen MR) is 62.0 cm³/mol. The molecule has 1 N–H and O–H groups in total. The number of amides is 1. The van der Waals surface area contributed by atoms with Crippen LogP contribution in [0.5, 0.6) is 0 Å². The third-order valence-corrected chi connectivity index (χ3v) is 3.32. The van der Waals surface area contributed by atoms with Crippen LogP contribution in [0.2, 0.25) is 0 Å². The van der Waals surface area contributed by atoms with Gasteiger partial charge in [-0.3, -0.25) is 9.48 Å². The van der Waals surface area contributed by atoms with E-state index in [1.807, 2.05) is 16.9 Å². The first-order valence-electron chi connectivity index (χ1n) is 6.02. The van der Waals surface area contributed by atoms with Crippen molar-refractivity contribution < 1.29 is 4.79 Å². The first kappa shape index (κ1) is 11.2. The molecule has 0 saturated carbocycles. The minimum Gasteiger partial charge on any atom is -0.356 e. The van der Waals surface area contributed by atoms with Crippen LogP contribution in [0.3, 0.4) is 0 Å². The minimum absolute atomic E-state index is 0.125. The van der Waals surface area contributed by atoms with Gasteiger partial charge >= 0.3 is 0 Å². The smallest absolute Gasteiger partial charge is 0.223 e. The lowest BCUT2D eigenvalue weighted by atomic mass is 10.0. The Morgan fingerprint density at radius 2 is 2.50 bits per heavy atom. The molecule has 1 aromatic heterocycles. The lowest BCUT2D eigenvalue weighted by molar-refractivity contribution is -0.122. The van der Waals surface area contributed by atoms with E-state index in [1.54, 1.807) is 0 Å². The van der Waals surface area contributed by atoms with Crippen molar-refractivity contribution in [1.29, 1.82) is 0 Å². The molecule has 16 heavy (non-hydrogen) atoms. The number of carbonyl (C=O) groups excluding carboxylic acids is 1. The monoisotopic (exact) mass is 221 g/mol. The van der Waals surface area contributed by atoms with Gasteiger partial charge in [-0.15, -0.1) is 0 Å². The summed E-state index contributed by atoms with van der Waals surface area (Å²) in [6.45, 7) is 5.12. The van der Waals surface area contributed by atoms with E-state index in [2.05, 4.69) is 24.3 Å². The molecular formula is C12H19N3O. The highest BCUT2D eigenvalue weighted by Crippen LogP contribution is 2.16. The molecule has 4 heteroatoms. The van der Waals surface area contributed by atoms with Crippen molar-refractivity contribution >= 4 is 5.91 Å². The van der Waals surface area contributed by atoms with Gasteiger partial charge in [0.2, 0.25) is 5.91 Å². The fourth-order valence-electron chi connectivity index (χ4n) is 2.01. The van der Waals surface area contributed by atoms with Crippen LogP contribution in [-0.2, 0) is 11.2 Å². The summed E-state index contributed by atoms with van der Waals surface area (Å²) in [7, 11) is 0. The lowest BCUT2D eigenvalue weighted by Gasteiger charge is -2.08. The van der Waals surface area contributed by atoms with Crippen molar-refractivity contribution in [1.82, 2.24) is 15.1 Å². The molecule has 0 aliphatic carbocycles. The molecule has 1 fully saturated rings. The molecule has 1 aliphatic heterocycles. The van der Waals surface area contributed by atoms with Crippen LogP contribution in [0.4, 0.5) is 0 Å². The molecule has 0 spiro atoms. The summed E-state index contributed by atoms with van der Waals surface area (Å²) in [6.07, 6.45) is 4.80. The fourth-order valence-corrected chi connectivity index (χ4v) is 2.01. The lowest BCUT2D eigenvalue weighted by Crippen LogP contribution is -2.20. The van der Waals surface area contributed by atoms with E-state index in [0.717, 1.165) is 31.5 Å². The van der Waals surface area contributed by atoms with Gasteiger partial charge in [-0.1, -0.05) is 6.92 Å². The van der Waals surface area contributed by atoms with Crippen LogP contribution >= 0.6 is 0 Å². The number of carbonyl (C=O) groups is 1. The summed E-state index contributed by atoms with van der Waals surface area (Å²) >= 11 is 0. The first-order chi connectivity index (χ1) is 7.70. The molecule has 0 radical (unpaired) electrons. The minimum atomic E-state index is 0.125.